The summed E-state index contributed by atoms with van der Waals surface area (Å²) in [6.45, 7) is 9.88. The lowest BCUT2D eigenvalue weighted by atomic mass is 10.1. The predicted octanol–water partition coefficient (Wildman–Crippen LogP) is 6.27. The third-order valence-electron chi connectivity index (χ3n) is 3.94. The van der Waals surface area contributed by atoms with E-state index in [1.165, 1.54) is 38.5 Å². The topological polar surface area (TPSA) is 27.7 Å². The first-order chi connectivity index (χ1) is 11.8. The molecule has 0 bridgehead atoms. The quantitative estimate of drug-likeness (QED) is 0.157. The molecular weight excluding hydrogens is 300 g/mol. The van der Waals surface area contributed by atoms with Crippen LogP contribution in [0.3, 0.4) is 0 Å². The number of rotatable bonds is 19. The van der Waals surface area contributed by atoms with Gasteiger partial charge in [-0.05, 0) is 44.9 Å². The zero-order chi connectivity index (χ0) is 17.7. The zero-order valence-electron chi connectivity index (χ0n) is 16.6. The van der Waals surface area contributed by atoms with Gasteiger partial charge in [-0.15, -0.1) is 0 Å². The van der Waals surface area contributed by atoms with Crippen molar-refractivity contribution in [1.29, 1.82) is 0 Å². The molecule has 0 atom stereocenters. The number of hydrogen-bond acceptors (Lipinski definition) is 3. The van der Waals surface area contributed by atoms with E-state index in [9.17, 15) is 0 Å². The Labute approximate surface area is 151 Å². The summed E-state index contributed by atoms with van der Waals surface area (Å²) >= 11 is 0. The summed E-state index contributed by atoms with van der Waals surface area (Å²) < 4.78 is 17.2. The Balaban J connectivity index is 3.57. The van der Waals surface area contributed by atoms with Crippen LogP contribution in [-0.2, 0) is 14.2 Å². The van der Waals surface area contributed by atoms with Crippen molar-refractivity contribution < 1.29 is 14.2 Å². The number of hydrogen-bond donors (Lipinski definition) is 0. The van der Waals surface area contributed by atoms with Crippen LogP contribution >= 0.6 is 0 Å². The molecular formula is C21H42O3. The van der Waals surface area contributed by atoms with Gasteiger partial charge < -0.3 is 14.2 Å². The Kier molecular flexibility index (Phi) is 20.3. The van der Waals surface area contributed by atoms with Gasteiger partial charge in [0.2, 0.25) is 0 Å². The molecule has 0 fully saturated rings. The highest BCUT2D eigenvalue weighted by Gasteiger charge is 2.08. The first-order valence-corrected chi connectivity index (χ1v) is 10.3. The van der Waals surface area contributed by atoms with Crippen LogP contribution in [0.25, 0.3) is 0 Å². The lowest BCUT2D eigenvalue weighted by Gasteiger charge is -2.18. The van der Waals surface area contributed by atoms with E-state index in [-0.39, 0.29) is 6.29 Å². The van der Waals surface area contributed by atoms with Crippen LogP contribution in [0, 0.1) is 0 Å². The summed E-state index contributed by atoms with van der Waals surface area (Å²) in [5, 5.41) is 0. The SMILES string of the molecule is CCCCOC/C=C/CCCCCC(OCCCC)OCCCC. The minimum atomic E-state index is 0.00519. The number of allylic oxidation sites excluding steroid dienone is 1. The molecule has 3 nitrogen and oxygen atoms in total. The minimum absolute atomic E-state index is 0.00519. The molecule has 0 aromatic rings. The zero-order valence-corrected chi connectivity index (χ0v) is 16.6. The molecule has 0 amide bonds. The molecule has 0 aliphatic rings. The van der Waals surface area contributed by atoms with E-state index < -0.39 is 0 Å². The smallest absolute Gasteiger partial charge is 0.157 e. The highest BCUT2D eigenvalue weighted by atomic mass is 16.7. The van der Waals surface area contributed by atoms with Crippen LogP contribution in [0.4, 0.5) is 0 Å². The average molecular weight is 343 g/mol. The van der Waals surface area contributed by atoms with Crippen molar-refractivity contribution in [2.45, 2.75) is 97.7 Å². The molecule has 0 spiro atoms. The standard InChI is InChI=1S/C21H42O3/c1-4-7-17-22-18-15-13-11-10-12-14-16-21(23-19-8-5-2)24-20-9-6-3/h13,15,21H,4-12,14,16-20H2,1-3H3/b15-13+. The maximum absolute atomic E-state index is 5.87. The molecule has 0 unspecified atom stereocenters. The van der Waals surface area contributed by atoms with E-state index in [1.54, 1.807) is 0 Å². The Morgan fingerprint density at radius 3 is 1.92 bits per heavy atom. The maximum Gasteiger partial charge on any atom is 0.157 e. The average Bonchev–Trinajstić information content (AvgIpc) is 2.59. The molecule has 0 rings (SSSR count). The fourth-order valence-electron chi connectivity index (χ4n) is 2.27. The molecule has 24 heavy (non-hydrogen) atoms. The van der Waals surface area contributed by atoms with Crippen LogP contribution in [0.15, 0.2) is 12.2 Å². The largest absolute Gasteiger partial charge is 0.377 e. The molecule has 0 aliphatic carbocycles. The summed E-state index contributed by atoms with van der Waals surface area (Å²) in [6.07, 6.45) is 17.2. The van der Waals surface area contributed by atoms with Gasteiger partial charge in [0.25, 0.3) is 0 Å². The first kappa shape index (κ1) is 23.6. The van der Waals surface area contributed by atoms with Gasteiger partial charge in [-0.2, -0.15) is 0 Å². The second-order valence-corrected chi connectivity index (χ2v) is 6.42. The predicted molar refractivity (Wildman–Crippen MR) is 103 cm³/mol. The second-order valence-electron chi connectivity index (χ2n) is 6.42. The van der Waals surface area contributed by atoms with E-state index in [0.29, 0.717) is 0 Å². The molecule has 0 N–H and O–H groups in total. The third-order valence-corrected chi connectivity index (χ3v) is 3.94. The summed E-state index contributed by atoms with van der Waals surface area (Å²) in [7, 11) is 0. The molecule has 144 valence electrons. The molecule has 0 heterocycles. The monoisotopic (exact) mass is 342 g/mol. The summed E-state index contributed by atoms with van der Waals surface area (Å²) in [4.78, 5) is 0. The van der Waals surface area contributed by atoms with Crippen molar-refractivity contribution in [1.82, 2.24) is 0 Å². The van der Waals surface area contributed by atoms with E-state index in [4.69, 9.17) is 14.2 Å². The van der Waals surface area contributed by atoms with Crippen molar-refractivity contribution in [3.8, 4) is 0 Å². The van der Waals surface area contributed by atoms with Crippen molar-refractivity contribution in [2.24, 2.45) is 0 Å². The van der Waals surface area contributed by atoms with Gasteiger partial charge in [-0.3, -0.25) is 0 Å². The normalized spacial score (nSPS) is 11.8. The van der Waals surface area contributed by atoms with Crippen molar-refractivity contribution in [3.05, 3.63) is 12.2 Å². The van der Waals surface area contributed by atoms with Crippen LogP contribution in [0.1, 0.15) is 91.4 Å². The van der Waals surface area contributed by atoms with E-state index in [0.717, 1.165) is 58.5 Å². The van der Waals surface area contributed by atoms with Crippen molar-refractivity contribution in [2.75, 3.05) is 26.4 Å². The van der Waals surface area contributed by atoms with Gasteiger partial charge in [-0.1, -0.05) is 58.6 Å². The summed E-state index contributed by atoms with van der Waals surface area (Å²) in [5.74, 6) is 0. The van der Waals surface area contributed by atoms with Gasteiger partial charge in [-0.25, -0.2) is 0 Å². The Morgan fingerprint density at radius 1 is 0.667 bits per heavy atom. The van der Waals surface area contributed by atoms with Gasteiger partial charge in [0.05, 0.1) is 6.61 Å². The first-order valence-electron chi connectivity index (χ1n) is 10.3. The highest BCUT2D eigenvalue weighted by molar-refractivity contribution is 4.81. The third kappa shape index (κ3) is 18.0. The van der Waals surface area contributed by atoms with Crippen LogP contribution < -0.4 is 0 Å². The van der Waals surface area contributed by atoms with Crippen molar-refractivity contribution >= 4 is 0 Å². The highest BCUT2D eigenvalue weighted by Crippen LogP contribution is 2.11. The van der Waals surface area contributed by atoms with Crippen molar-refractivity contribution in [3.63, 3.8) is 0 Å². The van der Waals surface area contributed by atoms with E-state index >= 15 is 0 Å². The lowest BCUT2D eigenvalue weighted by molar-refractivity contribution is -0.147. The van der Waals surface area contributed by atoms with Crippen LogP contribution in [0.5, 0.6) is 0 Å². The molecule has 3 heteroatoms. The summed E-state index contributed by atoms with van der Waals surface area (Å²) in [5.41, 5.74) is 0. The molecule has 0 aromatic heterocycles. The Morgan fingerprint density at radius 2 is 1.29 bits per heavy atom. The fourth-order valence-corrected chi connectivity index (χ4v) is 2.27. The molecule has 0 saturated heterocycles. The lowest BCUT2D eigenvalue weighted by Crippen LogP contribution is -2.18. The molecule has 0 aromatic carbocycles. The van der Waals surface area contributed by atoms with Crippen LogP contribution in [-0.4, -0.2) is 32.7 Å². The molecule has 0 radical (unpaired) electrons. The van der Waals surface area contributed by atoms with E-state index in [1.807, 2.05) is 0 Å². The number of unbranched alkanes of at least 4 members (excludes halogenated alkanes) is 6. The Bertz CT molecular complexity index is 243. The van der Waals surface area contributed by atoms with Gasteiger partial charge in [0.15, 0.2) is 6.29 Å². The fraction of sp³-hybridized carbons (Fsp3) is 0.905. The van der Waals surface area contributed by atoms with Gasteiger partial charge in [0, 0.05) is 19.8 Å². The minimum Gasteiger partial charge on any atom is -0.377 e. The second kappa shape index (κ2) is 20.7. The van der Waals surface area contributed by atoms with Gasteiger partial charge in [0.1, 0.15) is 0 Å². The summed E-state index contributed by atoms with van der Waals surface area (Å²) in [6, 6.07) is 0. The molecule has 0 saturated carbocycles. The van der Waals surface area contributed by atoms with Gasteiger partial charge >= 0.3 is 0 Å². The number of ether oxygens (including phenoxy) is 3. The molecule has 0 aliphatic heterocycles. The van der Waals surface area contributed by atoms with E-state index in [2.05, 4.69) is 32.9 Å². The Hall–Kier alpha value is -0.380. The van der Waals surface area contributed by atoms with Crippen LogP contribution in [0.2, 0.25) is 0 Å². The maximum atomic E-state index is 5.87.